The summed E-state index contributed by atoms with van der Waals surface area (Å²) in [4.78, 5) is 24.6. The summed E-state index contributed by atoms with van der Waals surface area (Å²) >= 11 is 0. The molecule has 1 heterocycles. The summed E-state index contributed by atoms with van der Waals surface area (Å²) in [5.41, 5.74) is 0.225. The van der Waals surface area contributed by atoms with Gasteiger partial charge in [-0.3, -0.25) is 4.79 Å². The van der Waals surface area contributed by atoms with Crippen LogP contribution in [0.25, 0.3) is 0 Å². The Morgan fingerprint density at radius 1 is 1.33 bits per heavy atom. The van der Waals surface area contributed by atoms with Crippen LogP contribution in [0.4, 0.5) is 13.6 Å². The first kappa shape index (κ1) is 15.2. The minimum Gasteiger partial charge on any atom is -0.354 e. The van der Waals surface area contributed by atoms with E-state index < -0.39 is 11.6 Å². The summed E-state index contributed by atoms with van der Waals surface area (Å²) in [6, 6.07) is 2.94. The largest absolute Gasteiger partial charge is 0.354 e. The van der Waals surface area contributed by atoms with E-state index >= 15 is 0 Å². The molecule has 0 bridgehead atoms. The Labute approximate surface area is 121 Å². The molecule has 7 heteroatoms. The molecule has 0 aliphatic carbocycles. The van der Waals surface area contributed by atoms with E-state index in [-0.39, 0.29) is 36.9 Å². The fourth-order valence-electron chi connectivity index (χ4n) is 2.12. The molecular weight excluding hydrogens is 280 g/mol. The Morgan fingerprint density at radius 3 is 2.95 bits per heavy atom. The fourth-order valence-corrected chi connectivity index (χ4v) is 2.12. The standard InChI is InChI=1S/C14H17F2N3O2/c15-11-1-2-12(16)10(9-11)3-5-18-14(21)19-7-4-13(20)17-6-8-19/h1-2,9H,3-8H2,(H,17,20)(H,18,21). The van der Waals surface area contributed by atoms with E-state index in [0.29, 0.717) is 19.6 Å². The topological polar surface area (TPSA) is 61.4 Å². The van der Waals surface area contributed by atoms with Gasteiger partial charge < -0.3 is 15.5 Å². The number of amides is 3. The van der Waals surface area contributed by atoms with Gasteiger partial charge in [0.2, 0.25) is 5.91 Å². The second kappa shape index (κ2) is 7.01. The van der Waals surface area contributed by atoms with Crippen LogP contribution in [-0.2, 0) is 11.2 Å². The van der Waals surface area contributed by atoms with Crippen LogP contribution in [0.1, 0.15) is 12.0 Å². The number of carbonyl (C=O) groups is 2. The van der Waals surface area contributed by atoms with E-state index in [1.165, 1.54) is 4.90 Å². The zero-order chi connectivity index (χ0) is 15.2. The first-order valence-corrected chi connectivity index (χ1v) is 6.79. The highest BCUT2D eigenvalue weighted by atomic mass is 19.1. The van der Waals surface area contributed by atoms with Crippen LogP contribution >= 0.6 is 0 Å². The van der Waals surface area contributed by atoms with Crippen molar-refractivity contribution in [1.29, 1.82) is 0 Å². The van der Waals surface area contributed by atoms with Gasteiger partial charge in [0.1, 0.15) is 11.6 Å². The summed E-state index contributed by atoms with van der Waals surface area (Å²) in [6.07, 6.45) is 0.478. The van der Waals surface area contributed by atoms with Gasteiger partial charge in [0.05, 0.1) is 0 Å². The molecule has 1 aromatic rings. The van der Waals surface area contributed by atoms with E-state index in [0.717, 1.165) is 18.2 Å². The lowest BCUT2D eigenvalue weighted by Crippen LogP contribution is -2.42. The van der Waals surface area contributed by atoms with Crippen LogP contribution in [0.3, 0.4) is 0 Å². The van der Waals surface area contributed by atoms with E-state index in [1.54, 1.807) is 0 Å². The first-order chi connectivity index (χ1) is 10.1. The van der Waals surface area contributed by atoms with Gasteiger partial charge in [-0.2, -0.15) is 0 Å². The van der Waals surface area contributed by atoms with E-state index in [1.807, 2.05) is 0 Å². The molecule has 1 aliphatic rings. The highest BCUT2D eigenvalue weighted by Crippen LogP contribution is 2.09. The quantitative estimate of drug-likeness (QED) is 0.875. The molecule has 0 aromatic heterocycles. The van der Waals surface area contributed by atoms with Crippen molar-refractivity contribution in [1.82, 2.24) is 15.5 Å². The number of halogens is 2. The van der Waals surface area contributed by atoms with Gasteiger partial charge in [-0.25, -0.2) is 13.6 Å². The smallest absolute Gasteiger partial charge is 0.317 e. The Hall–Kier alpha value is -2.18. The number of urea groups is 1. The Balaban J connectivity index is 1.81. The number of hydrogen-bond donors (Lipinski definition) is 2. The predicted octanol–water partition coefficient (Wildman–Crippen LogP) is 1.04. The van der Waals surface area contributed by atoms with Crippen molar-refractivity contribution in [3.8, 4) is 0 Å². The molecule has 0 spiro atoms. The van der Waals surface area contributed by atoms with Crippen molar-refractivity contribution in [3.05, 3.63) is 35.4 Å². The van der Waals surface area contributed by atoms with Crippen LogP contribution in [0.5, 0.6) is 0 Å². The zero-order valence-corrected chi connectivity index (χ0v) is 11.5. The third-order valence-corrected chi connectivity index (χ3v) is 3.28. The van der Waals surface area contributed by atoms with Crippen molar-refractivity contribution in [2.75, 3.05) is 26.2 Å². The minimum atomic E-state index is -0.505. The van der Waals surface area contributed by atoms with Gasteiger partial charge in [-0.15, -0.1) is 0 Å². The lowest BCUT2D eigenvalue weighted by Gasteiger charge is -2.20. The molecule has 2 N–H and O–H groups in total. The number of hydrogen-bond acceptors (Lipinski definition) is 2. The van der Waals surface area contributed by atoms with Gasteiger partial charge in [0, 0.05) is 32.6 Å². The molecule has 0 saturated carbocycles. The fraction of sp³-hybridized carbons (Fsp3) is 0.429. The molecule has 5 nitrogen and oxygen atoms in total. The van der Waals surface area contributed by atoms with Gasteiger partial charge in [-0.05, 0) is 30.2 Å². The maximum absolute atomic E-state index is 13.4. The SMILES string of the molecule is O=C1CCN(C(=O)NCCc2cc(F)ccc2F)CCN1. The summed E-state index contributed by atoms with van der Waals surface area (Å²) in [5, 5.41) is 5.32. The lowest BCUT2D eigenvalue weighted by atomic mass is 10.1. The third-order valence-electron chi connectivity index (χ3n) is 3.28. The molecule has 0 atom stereocenters. The predicted molar refractivity (Wildman–Crippen MR) is 72.7 cm³/mol. The van der Waals surface area contributed by atoms with Gasteiger partial charge in [0.25, 0.3) is 0 Å². The molecular formula is C14H17F2N3O2. The van der Waals surface area contributed by atoms with Gasteiger partial charge in [-0.1, -0.05) is 0 Å². The normalized spacial score (nSPS) is 15.3. The maximum Gasteiger partial charge on any atom is 0.317 e. The van der Waals surface area contributed by atoms with Crippen molar-refractivity contribution < 1.29 is 18.4 Å². The van der Waals surface area contributed by atoms with Crippen LogP contribution in [-0.4, -0.2) is 43.0 Å². The summed E-state index contributed by atoms with van der Waals surface area (Å²) < 4.78 is 26.4. The third kappa shape index (κ3) is 4.40. The van der Waals surface area contributed by atoms with Crippen molar-refractivity contribution in [2.45, 2.75) is 12.8 Å². The molecule has 2 rings (SSSR count). The summed E-state index contributed by atoms with van der Waals surface area (Å²) in [6.45, 7) is 1.42. The van der Waals surface area contributed by atoms with Crippen LogP contribution in [0.2, 0.25) is 0 Å². The highest BCUT2D eigenvalue weighted by molar-refractivity contribution is 5.79. The van der Waals surface area contributed by atoms with Crippen LogP contribution in [0.15, 0.2) is 18.2 Å². The molecule has 1 fully saturated rings. The molecule has 1 aromatic carbocycles. The minimum absolute atomic E-state index is 0.0767. The molecule has 3 amide bonds. The second-order valence-electron chi connectivity index (χ2n) is 4.80. The maximum atomic E-state index is 13.4. The zero-order valence-electron chi connectivity index (χ0n) is 11.5. The van der Waals surface area contributed by atoms with Crippen LogP contribution < -0.4 is 10.6 Å². The molecule has 0 radical (unpaired) electrons. The van der Waals surface area contributed by atoms with Crippen molar-refractivity contribution in [2.24, 2.45) is 0 Å². The van der Waals surface area contributed by atoms with Crippen LogP contribution in [0, 0.1) is 11.6 Å². The molecule has 1 aliphatic heterocycles. The van der Waals surface area contributed by atoms with Gasteiger partial charge >= 0.3 is 6.03 Å². The molecule has 21 heavy (non-hydrogen) atoms. The Kier molecular flexibility index (Phi) is 5.08. The number of rotatable bonds is 3. The number of nitrogens with one attached hydrogen (secondary N) is 2. The number of carbonyl (C=O) groups excluding carboxylic acids is 2. The number of benzene rings is 1. The van der Waals surface area contributed by atoms with E-state index in [2.05, 4.69) is 10.6 Å². The Bertz CT molecular complexity index is 537. The summed E-state index contributed by atoms with van der Waals surface area (Å²) in [5.74, 6) is -1.07. The Morgan fingerprint density at radius 2 is 2.14 bits per heavy atom. The lowest BCUT2D eigenvalue weighted by molar-refractivity contribution is -0.120. The van der Waals surface area contributed by atoms with Gasteiger partial charge in [0.15, 0.2) is 0 Å². The number of nitrogens with zero attached hydrogens (tertiary/aromatic N) is 1. The average molecular weight is 297 g/mol. The van der Waals surface area contributed by atoms with E-state index in [9.17, 15) is 18.4 Å². The van der Waals surface area contributed by atoms with Crippen molar-refractivity contribution in [3.63, 3.8) is 0 Å². The molecule has 1 saturated heterocycles. The molecule has 114 valence electrons. The highest BCUT2D eigenvalue weighted by Gasteiger charge is 2.17. The van der Waals surface area contributed by atoms with Crippen molar-refractivity contribution >= 4 is 11.9 Å². The first-order valence-electron chi connectivity index (χ1n) is 6.79. The van der Waals surface area contributed by atoms with E-state index in [4.69, 9.17) is 0 Å². The monoisotopic (exact) mass is 297 g/mol. The molecule has 0 unspecified atom stereocenters. The average Bonchev–Trinajstić information content (AvgIpc) is 2.67. The second-order valence-corrected chi connectivity index (χ2v) is 4.80. The summed E-state index contributed by atoms with van der Waals surface area (Å²) in [7, 11) is 0.